The Morgan fingerprint density at radius 2 is 1.88 bits per heavy atom. The molecule has 0 saturated carbocycles. The maximum Gasteiger partial charge on any atom is 0.247 e. The maximum absolute atomic E-state index is 13.8. The molecular formula is C23H17ClF2N6O. The molecule has 3 aromatic heterocycles. The van der Waals surface area contributed by atoms with Gasteiger partial charge in [-0.2, -0.15) is 4.98 Å². The second kappa shape index (κ2) is 8.18. The van der Waals surface area contributed by atoms with Crippen molar-refractivity contribution in [2.45, 2.75) is 6.92 Å². The van der Waals surface area contributed by atoms with E-state index in [4.69, 9.17) is 16.3 Å². The van der Waals surface area contributed by atoms with Crippen molar-refractivity contribution in [3.8, 4) is 22.6 Å². The van der Waals surface area contributed by atoms with Crippen LogP contribution in [0.2, 0.25) is 5.02 Å². The SMILES string of the molecule is COc1cc(Nc2nc3c(-c4ccc(F)c(F)c4)cc(Cl)cn3n2)ccc1-n1cnc(C)c1. The summed E-state index contributed by atoms with van der Waals surface area (Å²) in [6.07, 6.45) is 5.20. The predicted molar refractivity (Wildman–Crippen MR) is 121 cm³/mol. The monoisotopic (exact) mass is 466 g/mol. The summed E-state index contributed by atoms with van der Waals surface area (Å²) in [6, 6.07) is 10.8. The summed E-state index contributed by atoms with van der Waals surface area (Å²) in [7, 11) is 1.59. The molecular weight excluding hydrogens is 450 g/mol. The lowest BCUT2D eigenvalue weighted by atomic mass is 10.1. The Morgan fingerprint density at radius 3 is 2.61 bits per heavy atom. The van der Waals surface area contributed by atoms with Gasteiger partial charge in [0.15, 0.2) is 17.3 Å². The Kier molecular flexibility index (Phi) is 5.18. The number of halogens is 3. The topological polar surface area (TPSA) is 69.3 Å². The largest absolute Gasteiger partial charge is 0.494 e. The van der Waals surface area contributed by atoms with Crippen molar-refractivity contribution >= 4 is 28.9 Å². The van der Waals surface area contributed by atoms with Crippen molar-refractivity contribution in [3.63, 3.8) is 0 Å². The number of benzene rings is 2. The van der Waals surface area contributed by atoms with Gasteiger partial charge in [0.2, 0.25) is 5.95 Å². The summed E-state index contributed by atoms with van der Waals surface area (Å²) < 4.78 is 36.1. The number of methoxy groups -OCH3 is 1. The molecule has 2 aromatic carbocycles. The molecule has 0 spiro atoms. The van der Waals surface area contributed by atoms with Crippen LogP contribution in [0.4, 0.5) is 20.4 Å². The lowest BCUT2D eigenvalue weighted by Gasteiger charge is -2.11. The predicted octanol–water partition coefficient (Wildman–Crippen LogP) is 5.57. The van der Waals surface area contributed by atoms with Gasteiger partial charge in [-0.1, -0.05) is 17.7 Å². The zero-order chi connectivity index (χ0) is 23.1. The molecule has 0 bridgehead atoms. The molecule has 7 nitrogen and oxygen atoms in total. The highest BCUT2D eigenvalue weighted by molar-refractivity contribution is 6.30. The number of pyridine rings is 1. The number of rotatable bonds is 5. The molecule has 10 heteroatoms. The van der Waals surface area contributed by atoms with Gasteiger partial charge in [-0.15, -0.1) is 5.10 Å². The van der Waals surface area contributed by atoms with Crippen LogP contribution in [-0.2, 0) is 0 Å². The number of aromatic nitrogens is 5. The van der Waals surface area contributed by atoms with E-state index in [1.165, 1.54) is 10.6 Å². The van der Waals surface area contributed by atoms with E-state index in [0.29, 0.717) is 39.2 Å². The first-order valence-corrected chi connectivity index (χ1v) is 10.3. The molecule has 0 atom stereocenters. The molecule has 0 aliphatic carbocycles. The van der Waals surface area contributed by atoms with Crippen molar-refractivity contribution in [2.24, 2.45) is 0 Å². The van der Waals surface area contributed by atoms with E-state index in [9.17, 15) is 8.78 Å². The first-order valence-electron chi connectivity index (χ1n) is 9.88. The third-order valence-corrected chi connectivity index (χ3v) is 5.26. The van der Waals surface area contributed by atoms with Gasteiger partial charge in [-0.3, -0.25) is 0 Å². The van der Waals surface area contributed by atoms with Gasteiger partial charge < -0.3 is 14.6 Å². The molecule has 0 radical (unpaired) electrons. The van der Waals surface area contributed by atoms with Crippen LogP contribution < -0.4 is 10.1 Å². The standard InChI is InChI=1S/C23H17ClF2N6O/c1-13-10-31(12-27-13)20-6-4-16(9-21(20)33-2)28-23-29-22-17(8-15(24)11-32(22)30-23)14-3-5-18(25)19(26)7-14/h3-12H,1-2H3,(H,28,30). The van der Waals surface area contributed by atoms with E-state index in [2.05, 4.69) is 20.4 Å². The maximum atomic E-state index is 13.8. The zero-order valence-corrected chi connectivity index (χ0v) is 18.3. The Labute approximate surface area is 192 Å². The van der Waals surface area contributed by atoms with E-state index in [-0.39, 0.29) is 0 Å². The molecule has 0 unspecified atom stereocenters. The minimum absolute atomic E-state index is 0.300. The first-order chi connectivity index (χ1) is 15.9. The Hall–Kier alpha value is -3.98. The molecule has 33 heavy (non-hydrogen) atoms. The molecule has 1 N–H and O–H groups in total. The number of imidazole rings is 1. The van der Waals surface area contributed by atoms with Crippen molar-refractivity contribution in [1.82, 2.24) is 24.1 Å². The number of hydrogen-bond donors (Lipinski definition) is 1. The van der Waals surface area contributed by atoms with Crippen LogP contribution in [0, 0.1) is 18.6 Å². The lowest BCUT2D eigenvalue weighted by molar-refractivity contribution is 0.413. The summed E-state index contributed by atoms with van der Waals surface area (Å²) >= 11 is 6.23. The first kappa shape index (κ1) is 20.9. The molecule has 0 aliphatic rings. The minimum Gasteiger partial charge on any atom is -0.494 e. The van der Waals surface area contributed by atoms with Gasteiger partial charge in [0.1, 0.15) is 5.75 Å². The molecule has 0 aliphatic heterocycles. The lowest BCUT2D eigenvalue weighted by Crippen LogP contribution is -1.98. The molecule has 5 rings (SSSR count). The number of nitrogens with zero attached hydrogens (tertiary/aromatic N) is 5. The molecule has 0 fully saturated rings. The van der Waals surface area contributed by atoms with Crippen LogP contribution in [0.1, 0.15) is 5.69 Å². The van der Waals surface area contributed by atoms with Gasteiger partial charge in [0.05, 0.1) is 29.8 Å². The van der Waals surface area contributed by atoms with Gasteiger partial charge in [0.25, 0.3) is 0 Å². The van der Waals surface area contributed by atoms with Crippen LogP contribution in [0.3, 0.4) is 0 Å². The quantitative estimate of drug-likeness (QED) is 0.366. The van der Waals surface area contributed by atoms with E-state index >= 15 is 0 Å². The normalized spacial score (nSPS) is 11.2. The van der Waals surface area contributed by atoms with E-state index in [1.54, 1.807) is 25.7 Å². The minimum atomic E-state index is -0.955. The zero-order valence-electron chi connectivity index (χ0n) is 17.6. The molecule has 5 aromatic rings. The summed E-state index contributed by atoms with van der Waals surface area (Å²) in [4.78, 5) is 8.77. The summed E-state index contributed by atoms with van der Waals surface area (Å²) in [5.41, 5.74) is 3.81. The molecule has 3 heterocycles. The van der Waals surface area contributed by atoms with Crippen LogP contribution in [0.25, 0.3) is 22.5 Å². The summed E-state index contributed by atoms with van der Waals surface area (Å²) in [6.45, 7) is 1.91. The summed E-state index contributed by atoms with van der Waals surface area (Å²) in [5, 5.41) is 7.94. The Morgan fingerprint density at radius 1 is 1.03 bits per heavy atom. The number of anilines is 2. The second-order valence-corrected chi connectivity index (χ2v) is 7.77. The third-order valence-electron chi connectivity index (χ3n) is 5.06. The van der Waals surface area contributed by atoms with Crippen LogP contribution >= 0.6 is 11.6 Å². The highest BCUT2D eigenvalue weighted by atomic mass is 35.5. The fourth-order valence-electron chi connectivity index (χ4n) is 3.53. The number of fused-ring (bicyclic) bond motifs is 1. The van der Waals surface area contributed by atoms with Crippen molar-refractivity contribution in [2.75, 3.05) is 12.4 Å². The van der Waals surface area contributed by atoms with Crippen molar-refractivity contribution < 1.29 is 13.5 Å². The fourth-order valence-corrected chi connectivity index (χ4v) is 3.73. The number of ether oxygens (including phenoxy) is 1. The highest BCUT2D eigenvalue weighted by Gasteiger charge is 2.15. The van der Waals surface area contributed by atoms with E-state index in [1.807, 2.05) is 35.9 Å². The van der Waals surface area contributed by atoms with Gasteiger partial charge in [0, 0.05) is 29.7 Å². The van der Waals surface area contributed by atoms with Crippen LogP contribution in [-0.4, -0.2) is 31.3 Å². The van der Waals surface area contributed by atoms with Gasteiger partial charge >= 0.3 is 0 Å². The van der Waals surface area contributed by atoms with E-state index in [0.717, 1.165) is 23.5 Å². The summed E-state index contributed by atoms with van der Waals surface area (Å²) in [5.74, 6) is -0.950. The molecule has 166 valence electrons. The number of aryl methyl sites for hydroxylation is 1. The van der Waals surface area contributed by atoms with E-state index < -0.39 is 11.6 Å². The average molecular weight is 467 g/mol. The average Bonchev–Trinajstić information content (AvgIpc) is 3.40. The highest BCUT2D eigenvalue weighted by Crippen LogP contribution is 2.31. The second-order valence-electron chi connectivity index (χ2n) is 7.34. The fraction of sp³-hybridized carbons (Fsp3) is 0.0870. The van der Waals surface area contributed by atoms with Crippen molar-refractivity contribution in [3.05, 3.63) is 83.5 Å². The smallest absolute Gasteiger partial charge is 0.247 e. The Bertz CT molecular complexity index is 1500. The number of hydrogen-bond acceptors (Lipinski definition) is 5. The molecule has 0 saturated heterocycles. The van der Waals surface area contributed by atoms with Gasteiger partial charge in [-0.05, 0) is 42.8 Å². The van der Waals surface area contributed by atoms with Gasteiger partial charge in [-0.25, -0.2) is 18.3 Å². The molecule has 0 amide bonds. The van der Waals surface area contributed by atoms with Crippen LogP contribution in [0.5, 0.6) is 5.75 Å². The van der Waals surface area contributed by atoms with Crippen LogP contribution in [0.15, 0.2) is 61.2 Å². The third kappa shape index (κ3) is 3.98. The van der Waals surface area contributed by atoms with Crippen molar-refractivity contribution in [1.29, 1.82) is 0 Å². The number of nitrogens with one attached hydrogen (secondary N) is 1. The Balaban J connectivity index is 1.52.